The highest BCUT2D eigenvalue weighted by atomic mass is 16.6. The van der Waals surface area contributed by atoms with Gasteiger partial charge in [-0.15, -0.1) is 0 Å². The van der Waals surface area contributed by atoms with E-state index >= 15 is 0 Å². The molecule has 0 unspecified atom stereocenters. The van der Waals surface area contributed by atoms with Gasteiger partial charge in [0.1, 0.15) is 17.5 Å². The summed E-state index contributed by atoms with van der Waals surface area (Å²) in [4.78, 5) is 22.5. The summed E-state index contributed by atoms with van der Waals surface area (Å²) in [7, 11) is 0. The minimum Gasteiger partial charge on any atom is -0.325 e. The Hall–Kier alpha value is -3.21. The van der Waals surface area contributed by atoms with Gasteiger partial charge in [0.15, 0.2) is 0 Å². The second kappa shape index (κ2) is 6.70. The number of nitrogens with zero attached hydrogens (tertiary/aromatic N) is 4. The summed E-state index contributed by atoms with van der Waals surface area (Å²) in [6, 6.07) is 8.69. The number of para-hydroxylation sites is 1. The number of aryl methyl sites for hydroxylation is 2. The molecule has 0 aliphatic rings. The molecule has 0 bridgehead atoms. The van der Waals surface area contributed by atoms with E-state index in [0.29, 0.717) is 22.6 Å². The fourth-order valence-corrected chi connectivity index (χ4v) is 2.28. The third-order valence-electron chi connectivity index (χ3n) is 3.40. The number of carbonyl (C=O) groups excluding carboxylic acids is 1. The number of nitro groups is 1. The van der Waals surface area contributed by atoms with E-state index in [2.05, 4.69) is 10.4 Å². The molecule has 0 atom stereocenters. The molecule has 1 N–H and O–H groups in total. The predicted molar refractivity (Wildman–Crippen MR) is 82.8 cm³/mol. The summed E-state index contributed by atoms with van der Waals surface area (Å²) in [5.74, 6) is -0.289. The average molecular weight is 313 g/mol. The van der Waals surface area contributed by atoms with Crippen LogP contribution in [0.2, 0.25) is 0 Å². The number of benzene rings is 1. The molecule has 0 radical (unpaired) electrons. The van der Waals surface area contributed by atoms with Gasteiger partial charge in [-0.25, -0.2) is 0 Å². The van der Waals surface area contributed by atoms with Crippen molar-refractivity contribution in [1.29, 1.82) is 5.26 Å². The summed E-state index contributed by atoms with van der Waals surface area (Å²) < 4.78 is 1.45. The summed E-state index contributed by atoms with van der Waals surface area (Å²) >= 11 is 0. The first kappa shape index (κ1) is 16.2. The molecule has 0 aliphatic carbocycles. The van der Waals surface area contributed by atoms with E-state index in [1.165, 1.54) is 4.68 Å². The first-order valence-electron chi connectivity index (χ1n) is 6.91. The van der Waals surface area contributed by atoms with Crippen LogP contribution < -0.4 is 5.32 Å². The van der Waals surface area contributed by atoms with E-state index in [-0.39, 0.29) is 24.6 Å². The summed E-state index contributed by atoms with van der Waals surface area (Å²) in [6.45, 7) is 3.38. The van der Waals surface area contributed by atoms with E-state index in [1.807, 2.05) is 6.07 Å². The normalized spacial score (nSPS) is 10.1. The molecule has 1 aromatic heterocycles. The molecule has 0 fully saturated rings. The molecule has 118 valence electrons. The minimum absolute atomic E-state index is 0.0276. The lowest BCUT2D eigenvalue weighted by Gasteiger charge is -2.07. The first-order chi connectivity index (χ1) is 10.9. The van der Waals surface area contributed by atoms with Gasteiger partial charge in [-0.05, 0) is 26.0 Å². The van der Waals surface area contributed by atoms with Crippen LogP contribution in [0, 0.1) is 35.3 Å². The Bertz CT molecular complexity index is 804. The number of hydrogen-bond acceptors (Lipinski definition) is 5. The number of anilines is 1. The summed E-state index contributed by atoms with van der Waals surface area (Å²) in [5, 5.41) is 26.7. The fourth-order valence-electron chi connectivity index (χ4n) is 2.28. The summed E-state index contributed by atoms with van der Waals surface area (Å²) in [5.41, 5.74) is 1.53. The Balaban J connectivity index is 2.04. The Morgan fingerprint density at radius 2 is 2.13 bits per heavy atom. The van der Waals surface area contributed by atoms with Crippen LogP contribution in [-0.4, -0.2) is 20.6 Å². The van der Waals surface area contributed by atoms with Crippen molar-refractivity contribution in [2.45, 2.75) is 26.8 Å². The second-order valence-electron chi connectivity index (χ2n) is 4.96. The first-order valence-corrected chi connectivity index (χ1v) is 6.91. The van der Waals surface area contributed by atoms with Crippen LogP contribution in [0.1, 0.15) is 23.4 Å². The van der Waals surface area contributed by atoms with Crippen molar-refractivity contribution in [3.05, 3.63) is 51.3 Å². The highest BCUT2D eigenvalue weighted by Gasteiger charge is 2.21. The van der Waals surface area contributed by atoms with Crippen molar-refractivity contribution < 1.29 is 9.72 Å². The predicted octanol–water partition coefficient (Wildman–Crippen LogP) is 2.31. The number of amides is 1. The molecule has 0 aliphatic heterocycles. The average Bonchev–Trinajstić information content (AvgIpc) is 2.80. The van der Waals surface area contributed by atoms with Crippen LogP contribution in [0.3, 0.4) is 0 Å². The van der Waals surface area contributed by atoms with Gasteiger partial charge in [-0.3, -0.25) is 19.6 Å². The van der Waals surface area contributed by atoms with Crippen molar-refractivity contribution in [3.63, 3.8) is 0 Å². The standard InChI is InChI=1S/C15H15N5O3/c1-10-15(20(22)23)11(2)19(18-10)8-7-14(21)17-13-6-4-3-5-12(13)9-16/h3-6H,7-8H2,1-2H3,(H,17,21). The number of carbonyl (C=O) groups is 1. The van der Waals surface area contributed by atoms with Crippen molar-refractivity contribution in [2.75, 3.05) is 5.32 Å². The SMILES string of the molecule is Cc1nn(CCC(=O)Nc2ccccc2C#N)c(C)c1[N+](=O)[O-]. The molecule has 0 spiro atoms. The molecule has 23 heavy (non-hydrogen) atoms. The van der Waals surface area contributed by atoms with Gasteiger partial charge >= 0.3 is 5.69 Å². The van der Waals surface area contributed by atoms with Gasteiger partial charge in [0.2, 0.25) is 5.91 Å². The molecule has 1 aromatic carbocycles. The number of nitriles is 1. The van der Waals surface area contributed by atoms with E-state index in [1.54, 1.807) is 38.1 Å². The molecule has 8 nitrogen and oxygen atoms in total. The quantitative estimate of drug-likeness (QED) is 0.672. The van der Waals surface area contributed by atoms with Gasteiger partial charge in [-0.2, -0.15) is 10.4 Å². The van der Waals surface area contributed by atoms with Crippen molar-refractivity contribution in [2.24, 2.45) is 0 Å². The Kier molecular flexibility index (Phi) is 4.71. The van der Waals surface area contributed by atoms with Crippen molar-refractivity contribution in [1.82, 2.24) is 9.78 Å². The van der Waals surface area contributed by atoms with Crippen LogP contribution in [0.5, 0.6) is 0 Å². The van der Waals surface area contributed by atoms with Gasteiger partial charge < -0.3 is 5.32 Å². The van der Waals surface area contributed by atoms with Crippen molar-refractivity contribution >= 4 is 17.3 Å². The van der Waals surface area contributed by atoms with E-state index in [0.717, 1.165) is 0 Å². The maximum absolute atomic E-state index is 12.0. The molecular weight excluding hydrogens is 298 g/mol. The maximum Gasteiger partial charge on any atom is 0.312 e. The highest BCUT2D eigenvalue weighted by molar-refractivity contribution is 5.92. The monoisotopic (exact) mass is 313 g/mol. The largest absolute Gasteiger partial charge is 0.325 e. The number of nitrogens with one attached hydrogen (secondary N) is 1. The Morgan fingerprint density at radius 1 is 1.43 bits per heavy atom. The molecular formula is C15H15N5O3. The van der Waals surface area contributed by atoms with Crippen LogP contribution >= 0.6 is 0 Å². The molecule has 1 heterocycles. The van der Waals surface area contributed by atoms with Crippen LogP contribution in [0.25, 0.3) is 0 Å². The van der Waals surface area contributed by atoms with E-state index in [9.17, 15) is 14.9 Å². The lowest BCUT2D eigenvalue weighted by Crippen LogP contribution is -2.16. The second-order valence-corrected chi connectivity index (χ2v) is 4.96. The molecule has 0 saturated carbocycles. The van der Waals surface area contributed by atoms with Gasteiger partial charge in [0.05, 0.1) is 22.7 Å². The number of rotatable bonds is 5. The molecule has 8 heteroatoms. The Labute approximate surface area is 132 Å². The van der Waals surface area contributed by atoms with E-state index in [4.69, 9.17) is 5.26 Å². The molecule has 2 rings (SSSR count). The molecule has 1 amide bonds. The topological polar surface area (TPSA) is 114 Å². The lowest BCUT2D eigenvalue weighted by atomic mass is 10.2. The highest BCUT2D eigenvalue weighted by Crippen LogP contribution is 2.22. The number of aromatic nitrogens is 2. The molecule has 2 aromatic rings. The third kappa shape index (κ3) is 3.52. The number of hydrogen-bond donors (Lipinski definition) is 1. The van der Waals surface area contributed by atoms with Crippen LogP contribution in [-0.2, 0) is 11.3 Å². The third-order valence-corrected chi connectivity index (χ3v) is 3.40. The minimum atomic E-state index is -0.475. The molecule has 0 saturated heterocycles. The van der Waals surface area contributed by atoms with Crippen LogP contribution in [0.15, 0.2) is 24.3 Å². The van der Waals surface area contributed by atoms with Gasteiger partial charge in [0, 0.05) is 6.42 Å². The zero-order chi connectivity index (χ0) is 17.0. The fraction of sp³-hybridized carbons (Fsp3) is 0.267. The van der Waals surface area contributed by atoms with E-state index < -0.39 is 4.92 Å². The van der Waals surface area contributed by atoms with Gasteiger partial charge in [-0.1, -0.05) is 12.1 Å². The summed E-state index contributed by atoms with van der Waals surface area (Å²) in [6.07, 6.45) is 0.0961. The van der Waals surface area contributed by atoms with Gasteiger partial charge in [0.25, 0.3) is 0 Å². The van der Waals surface area contributed by atoms with Crippen molar-refractivity contribution in [3.8, 4) is 6.07 Å². The smallest absolute Gasteiger partial charge is 0.312 e. The maximum atomic E-state index is 12.0. The lowest BCUT2D eigenvalue weighted by molar-refractivity contribution is -0.386. The Morgan fingerprint density at radius 3 is 2.74 bits per heavy atom. The zero-order valence-electron chi connectivity index (χ0n) is 12.7. The zero-order valence-corrected chi connectivity index (χ0v) is 12.7. The van der Waals surface area contributed by atoms with Crippen LogP contribution in [0.4, 0.5) is 11.4 Å².